The highest BCUT2D eigenvalue weighted by atomic mass is 16.3. The monoisotopic (exact) mass is 388 g/mol. The lowest BCUT2D eigenvalue weighted by molar-refractivity contribution is 0.123. The largest absolute Gasteiger partial charge is 0.393 e. The molecule has 148 valence electrons. The van der Waals surface area contributed by atoms with E-state index in [-0.39, 0.29) is 12.1 Å². The predicted octanol–water partition coefficient (Wildman–Crippen LogP) is 3.64. The normalized spacial score (nSPS) is 19.5. The van der Waals surface area contributed by atoms with Crippen molar-refractivity contribution in [1.29, 1.82) is 0 Å². The Morgan fingerprint density at radius 3 is 2.86 bits per heavy atom. The zero-order valence-corrected chi connectivity index (χ0v) is 16.1. The van der Waals surface area contributed by atoms with E-state index in [1.54, 1.807) is 12.5 Å². The van der Waals surface area contributed by atoms with Crippen LogP contribution in [-0.4, -0.2) is 41.8 Å². The number of benzene rings is 1. The number of nitrogens with zero attached hydrogens (tertiary/aromatic N) is 5. The Hall–Kier alpha value is -3.19. The molecule has 0 amide bonds. The van der Waals surface area contributed by atoms with Crippen LogP contribution in [0.3, 0.4) is 0 Å². The predicted molar refractivity (Wildman–Crippen MR) is 112 cm³/mol. The number of aliphatic hydroxyl groups excluding tert-OH is 1. The lowest BCUT2D eigenvalue weighted by Crippen LogP contribution is -2.36. The Labute approximate surface area is 169 Å². The smallest absolute Gasteiger partial charge is 0.146 e. The summed E-state index contributed by atoms with van der Waals surface area (Å²) in [4.78, 5) is 18.7. The van der Waals surface area contributed by atoms with Crippen molar-refractivity contribution in [1.82, 2.24) is 24.5 Å². The van der Waals surface area contributed by atoms with E-state index in [0.717, 1.165) is 54.8 Å². The Bertz CT molecular complexity index is 1080. The molecule has 5 rings (SSSR count). The van der Waals surface area contributed by atoms with Gasteiger partial charge in [-0.3, -0.25) is 0 Å². The summed E-state index contributed by atoms with van der Waals surface area (Å²) in [6.45, 7) is 0.772. The molecule has 0 aliphatic heterocycles. The van der Waals surface area contributed by atoms with Crippen LogP contribution in [-0.2, 0) is 6.54 Å². The van der Waals surface area contributed by atoms with Gasteiger partial charge in [0.15, 0.2) is 0 Å². The van der Waals surface area contributed by atoms with E-state index < -0.39 is 0 Å². The molecule has 1 aliphatic carbocycles. The first-order valence-electron chi connectivity index (χ1n) is 10.1. The molecule has 7 nitrogen and oxygen atoms in total. The number of nitrogens with one attached hydrogen (secondary N) is 1. The van der Waals surface area contributed by atoms with Crippen LogP contribution in [0.5, 0.6) is 0 Å². The molecule has 1 saturated carbocycles. The van der Waals surface area contributed by atoms with Crippen LogP contribution in [0.25, 0.3) is 11.0 Å². The maximum atomic E-state index is 10.0. The van der Waals surface area contributed by atoms with Gasteiger partial charge >= 0.3 is 0 Å². The lowest BCUT2D eigenvalue weighted by Gasteiger charge is -2.37. The van der Waals surface area contributed by atoms with Crippen LogP contribution in [0.1, 0.15) is 31.2 Å². The van der Waals surface area contributed by atoms with Gasteiger partial charge in [0.2, 0.25) is 0 Å². The highest BCUT2D eigenvalue weighted by Gasteiger charge is 2.28. The quantitative estimate of drug-likeness (QED) is 0.545. The zero-order chi connectivity index (χ0) is 19.6. The second-order valence-electron chi connectivity index (χ2n) is 7.67. The third-order valence-electron chi connectivity index (χ3n) is 5.71. The van der Waals surface area contributed by atoms with Gasteiger partial charge in [0.25, 0.3) is 0 Å². The number of hydrogen-bond donors (Lipinski definition) is 2. The number of aromatic nitrogens is 5. The Morgan fingerprint density at radius 1 is 1.14 bits per heavy atom. The molecule has 1 fully saturated rings. The van der Waals surface area contributed by atoms with Gasteiger partial charge in [0.05, 0.1) is 17.8 Å². The number of hydrogen-bond acceptors (Lipinski definition) is 5. The van der Waals surface area contributed by atoms with Gasteiger partial charge in [-0.05, 0) is 49.4 Å². The van der Waals surface area contributed by atoms with Crippen molar-refractivity contribution in [2.75, 3.05) is 4.90 Å². The van der Waals surface area contributed by atoms with Gasteiger partial charge in [-0.2, -0.15) is 0 Å². The molecule has 3 heterocycles. The molecule has 0 saturated heterocycles. The second kappa shape index (κ2) is 7.67. The van der Waals surface area contributed by atoms with Crippen molar-refractivity contribution in [3.63, 3.8) is 0 Å². The average Bonchev–Trinajstić information content (AvgIpc) is 3.42. The number of imidazole rings is 1. The number of fused-ring (bicyclic) bond motifs is 1. The molecule has 0 radical (unpaired) electrons. The third-order valence-corrected chi connectivity index (χ3v) is 5.71. The fourth-order valence-corrected chi connectivity index (χ4v) is 4.27. The summed E-state index contributed by atoms with van der Waals surface area (Å²) >= 11 is 0. The maximum Gasteiger partial charge on any atom is 0.146 e. The molecule has 1 aromatic carbocycles. The van der Waals surface area contributed by atoms with Gasteiger partial charge in [0.1, 0.15) is 17.8 Å². The molecular formula is C22H24N6O. The summed E-state index contributed by atoms with van der Waals surface area (Å²) in [6.07, 6.45) is 12.4. The summed E-state index contributed by atoms with van der Waals surface area (Å²) in [5.41, 5.74) is 3.16. The maximum absolute atomic E-state index is 10.0. The fraction of sp³-hybridized carbons (Fsp3) is 0.318. The standard InChI is InChI=1S/C22H24N6O/c29-19-6-4-17(5-7-19)28(22-20-8-9-24-21(20)25-14-26-22)18-3-1-2-16(12-18)13-27-11-10-23-15-27/h1-3,8-12,14-15,17,19,29H,4-7,13H2,(H,24,25,26). The van der Waals surface area contributed by atoms with Gasteiger partial charge in [-0.25, -0.2) is 15.0 Å². The summed E-state index contributed by atoms with van der Waals surface area (Å²) < 4.78 is 2.06. The lowest BCUT2D eigenvalue weighted by atomic mass is 9.91. The summed E-state index contributed by atoms with van der Waals surface area (Å²) in [6, 6.07) is 10.9. The average molecular weight is 388 g/mol. The molecule has 7 heteroatoms. The van der Waals surface area contributed by atoms with E-state index in [1.165, 1.54) is 5.56 Å². The van der Waals surface area contributed by atoms with E-state index >= 15 is 0 Å². The molecule has 3 aromatic heterocycles. The number of aliphatic hydroxyl groups is 1. The van der Waals surface area contributed by atoms with E-state index in [4.69, 9.17) is 0 Å². The molecular weight excluding hydrogens is 364 g/mol. The van der Waals surface area contributed by atoms with Crippen molar-refractivity contribution in [2.45, 2.75) is 44.4 Å². The molecule has 4 aromatic rings. The SMILES string of the molecule is OC1CCC(N(c2cccc(Cn3ccnc3)c2)c2ncnc3[nH]ccc23)CC1. The highest BCUT2D eigenvalue weighted by molar-refractivity contribution is 5.90. The first kappa shape index (κ1) is 17.9. The Kier molecular flexibility index (Phi) is 4.73. The number of rotatable bonds is 5. The van der Waals surface area contributed by atoms with E-state index in [9.17, 15) is 5.11 Å². The zero-order valence-electron chi connectivity index (χ0n) is 16.1. The van der Waals surface area contributed by atoms with Gasteiger partial charge in [-0.1, -0.05) is 12.1 Å². The molecule has 1 aliphatic rings. The van der Waals surface area contributed by atoms with Crippen molar-refractivity contribution < 1.29 is 5.11 Å². The van der Waals surface area contributed by atoms with Crippen molar-refractivity contribution in [3.8, 4) is 0 Å². The van der Waals surface area contributed by atoms with E-state index in [0.29, 0.717) is 0 Å². The molecule has 0 bridgehead atoms. The first-order valence-corrected chi connectivity index (χ1v) is 10.1. The van der Waals surface area contributed by atoms with Crippen LogP contribution >= 0.6 is 0 Å². The number of anilines is 2. The van der Waals surface area contributed by atoms with Crippen molar-refractivity contribution in [3.05, 3.63) is 67.1 Å². The topological polar surface area (TPSA) is 82.9 Å². The van der Waals surface area contributed by atoms with E-state index in [1.807, 2.05) is 24.8 Å². The summed E-state index contributed by atoms with van der Waals surface area (Å²) in [5, 5.41) is 11.0. The number of H-pyrrole nitrogens is 1. The third kappa shape index (κ3) is 3.61. The minimum atomic E-state index is -0.196. The van der Waals surface area contributed by atoms with Crippen LogP contribution in [0, 0.1) is 0 Å². The minimum Gasteiger partial charge on any atom is -0.393 e. The fourth-order valence-electron chi connectivity index (χ4n) is 4.27. The minimum absolute atomic E-state index is 0.196. The molecule has 29 heavy (non-hydrogen) atoms. The molecule has 0 spiro atoms. The Balaban J connectivity index is 1.56. The van der Waals surface area contributed by atoms with Crippen LogP contribution in [0.2, 0.25) is 0 Å². The summed E-state index contributed by atoms with van der Waals surface area (Å²) in [5.74, 6) is 0.914. The second-order valence-corrected chi connectivity index (χ2v) is 7.67. The van der Waals surface area contributed by atoms with E-state index in [2.05, 4.69) is 53.7 Å². The van der Waals surface area contributed by atoms with Crippen LogP contribution in [0.4, 0.5) is 11.5 Å². The first-order chi connectivity index (χ1) is 14.3. The molecule has 0 atom stereocenters. The van der Waals surface area contributed by atoms with Gasteiger partial charge < -0.3 is 19.6 Å². The summed E-state index contributed by atoms with van der Waals surface area (Å²) in [7, 11) is 0. The van der Waals surface area contributed by atoms with Crippen LogP contribution < -0.4 is 4.90 Å². The Morgan fingerprint density at radius 2 is 2.03 bits per heavy atom. The van der Waals surface area contributed by atoms with Gasteiger partial charge in [-0.15, -0.1) is 0 Å². The van der Waals surface area contributed by atoms with Crippen molar-refractivity contribution in [2.24, 2.45) is 0 Å². The molecule has 2 N–H and O–H groups in total. The van der Waals surface area contributed by atoms with Gasteiger partial charge in [0, 0.05) is 36.9 Å². The molecule has 0 unspecified atom stereocenters. The highest BCUT2D eigenvalue weighted by Crippen LogP contribution is 2.36. The van der Waals surface area contributed by atoms with Crippen molar-refractivity contribution >= 4 is 22.5 Å². The number of aromatic amines is 1. The van der Waals surface area contributed by atoms with Crippen LogP contribution in [0.15, 0.2) is 61.6 Å².